The predicted molar refractivity (Wildman–Crippen MR) is 66.1 cm³/mol. The third-order valence-corrected chi connectivity index (χ3v) is 2.44. The SMILES string of the molecule is COc1ccc(-c2ccc[c]c2N)c(N)c1. The van der Waals surface area contributed by atoms with E-state index in [0.717, 1.165) is 16.9 Å². The Labute approximate surface area is 94.6 Å². The highest BCUT2D eigenvalue weighted by Gasteiger charge is 2.06. The van der Waals surface area contributed by atoms with E-state index in [-0.39, 0.29) is 0 Å². The van der Waals surface area contributed by atoms with E-state index in [1.54, 1.807) is 19.2 Å². The molecule has 2 aromatic carbocycles. The number of anilines is 2. The van der Waals surface area contributed by atoms with Gasteiger partial charge in [-0.05, 0) is 12.1 Å². The lowest BCUT2D eigenvalue weighted by Crippen LogP contribution is -1.95. The first-order chi connectivity index (χ1) is 7.72. The molecule has 0 aliphatic rings. The Bertz CT molecular complexity index is 509. The highest BCUT2D eigenvalue weighted by Crippen LogP contribution is 2.32. The van der Waals surface area contributed by atoms with Gasteiger partial charge in [0.1, 0.15) is 5.75 Å². The molecule has 4 N–H and O–H groups in total. The minimum Gasteiger partial charge on any atom is -0.497 e. The molecule has 3 nitrogen and oxygen atoms in total. The molecule has 0 amide bonds. The number of hydrogen-bond donors (Lipinski definition) is 2. The van der Waals surface area contributed by atoms with Crippen molar-refractivity contribution in [3.8, 4) is 16.9 Å². The second-order valence-electron chi connectivity index (χ2n) is 3.45. The van der Waals surface area contributed by atoms with Gasteiger partial charge < -0.3 is 16.2 Å². The van der Waals surface area contributed by atoms with Crippen molar-refractivity contribution in [1.29, 1.82) is 0 Å². The fourth-order valence-corrected chi connectivity index (χ4v) is 1.60. The zero-order valence-electron chi connectivity index (χ0n) is 9.03. The van der Waals surface area contributed by atoms with Gasteiger partial charge in [-0.2, -0.15) is 0 Å². The van der Waals surface area contributed by atoms with Gasteiger partial charge in [-0.15, -0.1) is 0 Å². The van der Waals surface area contributed by atoms with Crippen LogP contribution in [0.1, 0.15) is 0 Å². The highest BCUT2D eigenvalue weighted by atomic mass is 16.5. The van der Waals surface area contributed by atoms with Crippen LogP contribution in [0.15, 0.2) is 36.4 Å². The fraction of sp³-hybridized carbons (Fsp3) is 0.0769. The number of benzene rings is 2. The van der Waals surface area contributed by atoms with E-state index in [1.807, 2.05) is 24.3 Å². The number of hydrogen-bond acceptors (Lipinski definition) is 3. The third-order valence-electron chi connectivity index (χ3n) is 2.44. The van der Waals surface area contributed by atoms with Gasteiger partial charge in [-0.1, -0.05) is 18.2 Å². The van der Waals surface area contributed by atoms with E-state index in [4.69, 9.17) is 16.2 Å². The van der Waals surface area contributed by atoms with E-state index < -0.39 is 0 Å². The molecule has 0 atom stereocenters. The van der Waals surface area contributed by atoms with Crippen LogP contribution in [0.5, 0.6) is 5.75 Å². The van der Waals surface area contributed by atoms with E-state index in [0.29, 0.717) is 11.4 Å². The minimum absolute atomic E-state index is 0.597. The monoisotopic (exact) mass is 213 g/mol. The predicted octanol–water partition coefficient (Wildman–Crippen LogP) is 2.33. The summed E-state index contributed by atoms with van der Waals surface area (Å²) in [4.78, 5) is 0. The summed E-state index contributed by atoms with van der Waals surface area (Å²) in [5.41, 5.74) is 14.8. The van der Waals surface area contributed by atoms with Gasteiger partial charge >= 0.3 is 0 Å². The number of nitrogen functional groups attached to an aromatic ring is 2. The van der Waals surface area contributed by atoms with Crippen molar-refractivity contribution >= 4 is 11.4 Å². The Balaban J connectivity index is 2.53. The molecule has 3 heteroatoms. The molecule has 0 aliphatic carbocycles. The van der Waals surface area contributed by atoms with Gasteiger partial charge in [-0.25, -0.2) is 0 Å². The van der Waals surface area contributed by atoms with Crippen molar-refractivity contribution in [2.75, 3.05) is 18.6 Å². The van der Waals surface area contributed by atoms with Crippen LogP contribution in [0, 0.1) is 6.07 Å². The lowest BCUT2D eigenvalue weighted by molar-refractivity contribution is 0.415. The largest absolute Gasteiger partial charge is 0.497 e. The summed E-state index contributed by atoms with van der Waals surface area (Å²) >= 11 is 0. The van der Waals surface area contributed by atoms with Crippen LogP contribution in [0.2, 0.25) is 0 Å². The van der Waals surface area contributed by atoms with E-state index in [2.05, 4.69) is 6.07 Å². The first-order valence-corrected chi connectivity index (χ1v) is 4.92. The number of nitrogens with two attached hydrogens (primary N) is 2. The highest BCUT2D eigenvalue weighted by molar-refractivity contribution is 5.84. The van der Waals surface area contributed by atoms with Crippen LogP contribution >= 0.6 is 0 Å². The summed E-state index contributed by atoms with van der Waals surface area (Å²) in [7, 11) is 1.61. The van der Waals surface area contributed by atoms with Crippen molar-refractivity contribution in [1.82, 2.24) is 0 Å². The second-order valence-corrected chi connectivity index (χ2v) is 3.45. The van der Waals surface area contributed by atoms with Gasteiger partial charge in [0.05, 0.1) is 7.11 Å². The molecule has 0 saturated heterocycles. The smallest absolute Gasteiger partial charge is 0.120 e. The summed E-state index contributed by atoms with van der Waals surface area (Å²) in [5.74, 6) is 0.736. The summed E-state index contributed by atoms with van der Waals surface area (Å²) < 4.78 is 5.10. The maximum Gasteiger partial charge on any atom is 0.120 e. The Kier molecular flexibility index (Phi) is 2.68. The summed E-state index contributed by atoms with van der Waals surface area (Å²) in [6.07, 6.45) is 0. The average Bonchev–Trinajstić information content (AvgIpc) is 2.30. The van der Waals surface area contributed by atoms with Crippen LogP contribution in [-0.2, 0) is 0 Å². The molecule has 0 bridgehead atoms. The van der Waals surface area contributed by atoms with Gasteiger partial charge in [-0.3, -0.25) is 0 Å². The molecule has 0 saturated carbocycles. The summed E-state index contributed by atoms with van der Waals surface area (Å²) in [5, 5.41) is 0. The van der Waals surface area contributed by atoms with Gasteiger partial charge in [0, 0.05) is 34.6 Å². The molecule has 16 heavy (non-hydrogen) atoms. The van der Waals surface area contributed by atoms with Crippen molar-refractivity contribution in [2.24, 2.45) is 0 Å². The lowest BCUT2D eigenvalue weighted by Gasteiger charge is -2.09. The number of methoxy groups -OCH3 is 1. The van der Waals surface area contributed by atoms with Crippen molar-refractivity contribution < 1.29 is 4.74 Å². The fourth-order valence-electron chi connectivity index (χ4n) is 1.60. The zero-order valence-corrected chi connectivity index (χ0v) is 9.03. The molecule has 1 radical (unpaired) electrons. The van der Waals surface area contributed by atoms with Crippen LogP contribution < -0.4 is 16.2 Å². The first kappa shape index (κ1) is 10.4. The van der Waals surface area contributed by atoms with Crippen LogP contribution in [0.25, 0.3) is 11.1 Å². The summed E-state index contributed by atoms with van der Waals surface area (Å²) in [6, 6.07) is 14.1. The van der Waals surface area contributed by atoms with Gasteiger partial charge in [0.2, 0.25) is 0 Å². The zero-order chi connectivity index (χ0) is 11.5. The Morgan fingerprint density at radius 3 is 2.56 bits per heavy atom. The molecule has 0 aliphatic heterocycles. The molecule has 0 aromatic heterocycles. The van der Waals surface area contributed by atoms with E-state index in [1.165, 1.54) is 0 Å². The quantitative estimate of drug-likeness (QED) is 0.752. The molecule has 81 valence electrons. The first-order valence-electron chi connectivity index (χ1n) is 4.92. The topological polar surface area (TPSA) is 61.3 Å². The number of para-hydroxylation sites is 1. The van der Waals surface area contributed by atoms with Crippen molar-refractivity contribution in [3.05, 3.63) is 42.5 Å². The molecule has 0 spiro atoms. The maximum atomic E-state index is 5.95. The molecule has 2 rings (SSSR count). The lowest BCUT2D eigenvalue weighted by atomic mass is 10.0. The minimum atomic E-state index is 0.597. The Morgan fingerprint density at radius 1 is 1.12 bits per heavy atom. The van der Waals surface area contributed by atoms with E-state index >= 15 is 0 Å². The standard InChI is InChI=1S/C13H13N2O/c1-16-9-6-7-11(13(15)8-9)10-4-2-3-5-12(10)14/h2-4,6-8H,14-15H2,1H3. The Hall–Kier alpha value is -2.16. The molecular weight excluding hydrogens is 200 g/mol. The maximum absolute atomic E-state index is 5.95. The Morgan fingerprint density at radius 2 is 1.94 bits per heavy atom. The van der Waals surface area contributed by atoms with Crippen LogP contribution in [0.3, 0.4) is 0 Å². The third kappa shape index (κ3) is 1.80. The molecule has 0 fully saturated rings. The normalized spacial score (nSPS) is 10.1. The van der Waals surface area contributed by atoms with Crippen molar-refractivity contribution in [2.45, 2.75) is 0 Å². The van der Waals surface area contributed by atoms with E-state index in [9.17, 15) is 0 Å². The number of ether oxygens (including phenoxy) is 1. The van der Waals surface area contributed by atoms with Crippen LogP contribution in [-0.4, -0.2) is 7.11 Å². The van der Waals surface area contributed by atoms with Crippen molar-refractivity contribution in [3.63, 3.8) is 0 Å². The van der Waals surface area contributed by atoms with Gasteiger partial charge in [0.15, 0.2) is 0 Å². The van der Waals surface area contributed by atoms with Gasteiger partial charge in [0.25, 0.3) is 0 Å². The summed E-state index contributed by atoms with van der Waals surface area (Å²) in [6.45, 7) is 0. The molecule has 2 aromatic rings. The molecule has 0 unspecified atom stereocenters. The molecular formula is C13H13N2O. The second kappa shape index (κ2) is 4.14. The molecule has 0 heterocycles. The average molecular weight is 213 g/mol. The number of rotatable bonds is 2. The van der Waals surface area contributed by atoms with Crippen LogP contribution in [0.4, 0.5) is 11.4 Å².